The number of esters is 1. The molecule has 0 amide bonds. The van der Waals surface area contributed by atoms with Gasteiger partial charge in [0.2, 0.25) is 0 Å². The molecule has 0 saturated heterocycles. The zero-order chi connectivity index (χ0) is 12.5. The topological polar surface area (TPSA) is 42.1 Å². The predicted molar refractivity (Wildman–Crippen MR) is 64.9 cm³/mol. The minimum Gasteiger partial charge on any atom is -0.464 e. The summed E-state index contributed by atoms with van der Waals surface area (Å²) in [6, 6.07) is 2.07. The zero-order valence-corrected chi connectivity index (χ0v) is 11.0. The Bertz CT molecular complexity index is 383. The molecular formula is C13H21NO2. The standard InChI is InChI=1S/C13H21NO2/c1-8(2)9-7-10(13(3,4)5)14-11(9)12(15)16-6/h7-8,14H,1-6H3. The lowest BCUT2D eigenvalue weighted by atomic mass is 9.91. The maximum absolute atomic E-state index is 11.6. The summed E-state index contributed by atoms with van der Waals surface area (Å²) in [6.07, 6.45) is 0. The second kappa shape index (κ2) is 4.32. The van der Waals surface area contributed by atoms with Crippen LogP contribution in [0.1, 0.15) is 62.3 Å². The van der Waals surface area contributed by atoms with Crippen LogP contribution in [0.5, 0.6) is 0 Å². The first-order valence-electron chi connectivity index (χ1n) is 5.59. The van der Waals surface area contributed by atoms with Gasteiger partial charge in [-0.1, -0.05) is 34.6 Å². The number of aromatic amines is 1. The first-order valence-corrected chi connectivity index (χ1v) is 5.59. The summed E-state index contributed by atoms with van der Waals surface area (Å²) >= 11 is 0. The molecule has 0 spiro atoms. The third kappa shape index (κ3) is 2.46. The second-order valence-electron chi connectivity index (χ2n) is 5.41. The lowest BCUT2D eigenvalue weighted by Gasteiger charge is -2.15. The van der Waals surface area contributed by atoms with E-state index in [-0.39, 0.29) is 11.4 Å². The van der Waals surface area contributed by atoms with Gasteiger partial charge in [0.1, 0.15) is 5.69 Å². The summed E-state index contributed by atoms with van der Waals surface area (Å²) in [5, 5.41) is 0. The van der Waals surface area contributed by atoms with Gasteiger partial charge in [-0.15, -0.1) is 0 Å². The highest BCUT2D eigenvalue weighted by Gasteiger charge is 2.23. The van der Waals surface area contributed by atoms with Crippen LogP contribution >= 0.6 is 0 Å². The summed E-state index contributed by atoms with van der Waals surface area (Å²) < 4.78 is 4.78. The minimum absolute atomic E-state index is 0.00983. The van der Waals surface area contributed by atoms with Gasteiger partial charge in [-0.25, -0.2) is 4.79 Å². The fraction of sp³-hybridized carbons (Fsp3) is 0.615. The van der Waals surface area contributed by atoms with Crippen LogP contribution in [0, 0.1) is 0 Å². The number of ether oxygens (including phenoxy) is 1. The van der Waals surface area contributed by atoms with Crippen LogP contribution in [0.15, 0.2) is 6.07 Å². The molecule has 0 radical (unpaired) electrons. The van der Waals surface area contributed by atoms with Crippen molar-refractivity contribution in [3.05, 3.63) is 23.0 Å². The van der Waals surface area contributed by atoms with Gasteiger partial charge in [-0.05, 0) is 17.5 Å². The van der Waals surface area contributed by atoms with Gasteiger partial charge in [-0.2, -0.15) is 0 Å². The Labute approximate surface area is 97.2 Å². The molecule has 1 aromatic rings. The van der Waals surface area contributed by atoms with Crippen molar-refractivity contribution in [3.63, 3.8) is 0 Å². The summed E-state index contributed by atoms with van der Waals surface area (Å²) in [4.78, 5) is 14.8. The van der Waals surface area contributed by atoms with Crippen molar-refractivity contribution in [2.24, 2.45) is 0 Å². The Kier molecular flexibility index (Phi) is 3.46. The van der Waals surface area contributed by atoms with Crippen LogP contribution in [0.3, 0.4) is 0 Å². The number of carbonyl (C=O) groups is 1. The highest BCUT2D eigenvalue weighted by Crippen LogP contribution is 2.28. The van der Waals surface area contributed by atoms with E-state index in [4.69, 9.17) is 4.74 Å². The Hall–Kier alpha value is -1.25. The lowest BCUT2D eigenvalue weighted by molar-refractivity contribution is 0.0593. The monoisotopic (exact) mass is 223 g/mol. The largest absolute Gasteiger partial charge is 0.464 e. The number of hydrogen-bond acceptors (Lipinski definition) is 2. The number of hydrogen-bond donors (Lipinski definition) is 1. The van der Waals surface area contributed by atoms with Gasteiger partial charge < -0.3 is 9.72 Å². The number of nitrogens with one attached hydrogen (secondary N) is 1. The third-order valence-electron chi connectivity index (χ3n) is 2.67. The van der Waals surface area contributed by atoms with Crippen molar-refractivity contribution in [2.45, 2.75) is 46.0 Å². The molecule has 0 atom stereocenters. The van der Waals surface area contributed by atoms with E-state index >= 15 is 0 Å². The molecule has 0 aromatic carbocycles. The smallest absolute Gasteiger partial charge is 0.354 e. The van der Waals surface area contributed by atoms with Gasteiger partial charge >= 0.3 is 5.97 Å². The van der Waals surface area contributed by atoms with Gasteiger partial charge in [0, 0.05) is 11.1 Å². The highest BCUT2D eigenvalue weighted by atomic mass is 16.5. The zero-order valence-electron chi connectivity index (χ0n) is 11.0. The molecule has 0 aliphatic rings. The molecule has 16 heavy (non-hydrogen) atoms. The molecular weight excluding hydrogens is 202 g/mol. The van der Waals surface area contributed by atoms with Gasteiger partial charge in [-0.3, -0.25) is 0 Å². The molecule has 0 unspecified atom stereocenters. The van der Waals surface area contributed by atoms with E-state index in [1.807, 2.05) is 0 Å². The van der Waals surface area contributed by atoms with Crippen LogP contribution in [-0.4, -0.2) is 18.1 Å². The Morgan fingerprint density at radius 3 is 2.31 bits per heavy atom. The van der Waals surface area contributed by atoms with Crippen LogP contribution in [0.2, 0.25) is 0 Å². The first-order chi connectivity index (χ1) is 7.27. The molecule has 0 bridgehead atoms. The molecule has 3 heteroatoms. The Morgan fingerprint density at radius 2 is 1.94 bits per heavy atom. The summed E-state index contributed by atoms with van der Waals surface area (Å²) in [5.74, 6) is 0.0145. The van der Waals surface area contributed by atoms with E-state index in [0.717, 1.165) is 11.3 Å². The molecule has 90 valence electrons. The summed E-state index contributed by atoms with van der Waals surface area (Å²) in [5.41, 5.74) is 2.69. The van der Waals surface area contributed by atoms with Gasteiger partial charge in [0.25, 0.3) is 0 Å². The number of aromatic nitrogens is 1. The van der Waals surface area contributed by atoms with Gasteiger partial charge in [0.15, 0.2) is 0 Å². The van der Waals surface area contributed by atoms with Crippen LogP contribution in [-0.2, 0) is 10.2 Å². The molecule has 1 rings (SSSR count). The number of methoxy groups -OCH3 is 1. The molecule has 1 N–H and O–H groups in total. The predicted octanol–water partition coefficient (Wildman–Crippen LogP) is 3.22. The van der Waals surface area contributed by atoms with E-state index in [0.29, 0.717) is 11.6 Å². The van der Waals surface area contributed by atoms with Crippen molar-refractivity contribution >= 4 is 5.97 Å². The quantitative estimate of drug-likeness (QED) is 0.782. The maximum Gasteiger partial charge on any atom is 0.354 e. The van der Waals surface area contributed by atoms with E-state index in [9.17, 15) is 4.79 Å². The third-order valence-corrected chi connectivity index (χ3v) is 2.67. The van der Waals surface area contributed by atoms with Crippen molar-refractivity contribution < 1.29 is 9.53 Å². The molecule has 3 nitrogen and oxygen atoms in total. The lowest BCUT2D eigenvalue weighted by Crippen LogP contribution is -2.12. The van der Waals surface area contributed by atoms with E-state index in [2.05, 4.69) is 45.7 Å². The Balaban J connectivity index is 3.26. The highest BCUT2D eigenvalue weighted by molar-refractivity contribution is 5.89. The Morgan fingerprint density at radius 1 is 1.38 bits per heavy atom. The fourth-order valence-electron chi connectivity index (χ4n) is 1.60. The molecule has 0 aliphatic carbocycles. The van der Waals surface area contributed by atoms with Crippen LogP contribution in [0.4, 0.5) is 0 Å². The normalized spacial score (nSPS) is 11.9. The number of rotatable bonds is 2. The van der Waals surface area contributed by atoms with E-state index in [1.165, 1.54) is 7.11 Å². The first kappa shape index (κ1) is 12.8. The minimum atomic E-state index is -0.292. The van der Waals surface area contributed by atoms with Crippen molar-refractivity contribution in [1.82, 2.24) is 4.98 Å². The molecule has 0 fully saturated rings. The average Bonchev–Trinajstić information content (AvgIpc) is 2.60. The van der Waals surface area contributed by atoms with Crippen LogP contribution in [0.25, 0.3) is 0 Å². The second-order valence-corrected chi connectivity index (χ2v) is 5.41. The molecule has 0 saturated carbocycles. The summed E-state index contributed by atoms with van der Waals surface area (Å²) in [7, 11) is 1.41. The van der Waals surface area contributed by atoms with Crippen molar-refractivity contribution in [1.29, 1.82) is 0 Å². The summed E-state index contributed by atoms with van der Waals surface area (Å²) in [6.45, 7) is 10.5. The van der Waals surface area contributed by atoms with Gasteiger partial charge in [0.05, 0.1) is 7.11 Å². The van der Waals surface area contributed by atoms with E-state index in [1.54, 1.807) is 0 Å². The maximum atomic E-state index is 11.6. The van der Waals surface area contributed by atoms with Crippen molar-refractivity contribution in [3.8, 4) is 0 Å². The molecule has 0 aliphatic heterocycles. The van der Waals surface area contributed by atoms with E-state index < -0.39 is 0 Å². The SMILES string of the molecule is COC(=O)c1[nH]c(C(C)(C)C)cc1C(C)C. The average molecular weight is 223 g/mol. The number of H-pyrrole nitrogens is 1. The number of carbonyl (C=O) groups excluding carboxylic acids is 1. The van der Waals surface area contributed by atoms with Crippen LogP contribution < -0.4 is 0 Å². The fourth-order valence-corrected chi connectivity index (χ4v) is 1.60. The van der Waals surface area contributed by atoms with Crippen molar-refractivity contribution in [2.75, 3.05) is 7.11 Å². The molecule has 1 heterocycles. The molecule has 1 aromatic heterocycles.